The molecule has 0 saturated heterocycles. The fourth-order valence-corrected chi connectivity index (χ4v) is 3.64. The summed E-state index contributed by atoms with van der Waals surface area (Å²) in [6.45, 7) is 2.45. The van der Waals surface area contributed by atoms with Gasteiger partial charge < -0.3 is 0 Å². The third-order valence-corrected chi connectivity index (χ3v) is 4.66. The lowest BCUT2D eigenvalue weighted by molar-refractivity contribution is -0.496. The molecule has 0 spiro atoms. The Bertz CT molecular complexity index is 428. The molecule has 9 heteroatoms. The van der Waals surface area contributed by atoms with Gasteiger partial charge in [-0.25, -0.2) is 8.42 Å². The van der Waals surface area contributed by atoms with E-state index in [0.29, 0.717) is 0 Å². The monoisotopic (exact) mass is 236 g/mol. The van der Waals surface area contributed by atoms with Crippen molar-refractivity contribution in [2.75, 3.05) is 0 Å². The minimum Gasteiger partial charge on any atom is -0.263 e. The van der Waals surface area contributed by atoms with Crippen molar-refractivity contribution in [3.8, 4) is 0 Å². The largest absolute Gasteiger partial charge is 0.339 e. The second-order valence-corrected chi connectivity index (χ2v) is 5.30. The van der Waals surface area contributed by atoms with Gasteiger partial charge in [0.25, 0.3) is 9.84 Å². The summed E-state index contributed by atoms with van der Waals surface area (Å²) < 4.78 is 22.9. The number of hydrogen-bond donors (Lipinski definition) is 0. The Morgan fingerprint density at radius 2 is 1.27 bits per heavy atom. The maximum atomic E-state index is 11.5. The van der Waals surface area contributed by atoms with Crippen LogP contribution in [0.15, 0.2) is 11.1 Å². The molecule has 8 nitrogen and oxygen atoms in total. The van der Waals surface area contributed by atoms with Crippen molar-refractivity contribution in [3.05, 3.63) is 31.4 Å². The van der Waals surface area contributed by atoms with Crippen LogP contribution in [0.5, 0.6) is 0 Å². The molecular formula is C6H8N2O6S. The average Bonchev–Trinajstić information content (AvgIpc) is 2.17. The minimum absolute atomic E-state index is 0.0679. The quantitative estimate of drug-likeness (QED) is 0.376. The molecule has 0 N–H and O–H groups in total. The lowest BCUT2D eigenvalue weighted by atomic mass is 10.1. The van der Waals surface area contributed by atoms with Crippen molar-refractivity contribution in [2.45, 2.75) is 24.6 Å². The van der Waals surface area contributed by atoms with Crippen molar-refractivity contribution in [3.63, 3.8) is 0 Å². The van der Waals surface area contributed by atoms with Crippen LogP contribution in [0.3, 0.4) is 0 Å². The number of sulfone groups is 1. The van der Waals surface area contributed by atoms with Gasteiger partial charge >= 0.3 is 10.7 Å². The van der Waals surface area contributed by atoms with Gasteiger partial charge in [-0.15, -0.1) is 0 Å². The Labute approximate surface area is 84.8 Å². The molecule has 15 heavy (non-hydrogen) atoms. The number of nitro groups is 2. The predicted molar refractivity (Wildman–Crippen MR) is 48.9 cm³/mol. The summed E-state index contributed by atoms with van der Waals surface area (Å²) in [6, 6.07) is 0. The number of nitrogens with zero attached hydrogens (tertiary/aromatic N) is 2. The first-order chi connectivity index (χ1) is 6.71. The van der Waals surface area contributed by atoms with E-state index >= 15 is 0 Å². The van der Waals surface area contributed by atoms with Gasteiger partial charge in [-0.1, -0.05) is 0 Å². The van der Waals surface area contributed by atoms with E-state index in [1.165, 1.54) is 13.8 Å². The normalized spacial score (nSPS) is 29.2. The van der Waals surface area contributed by atoms with E-state index in [-0.39, 0.29) is 11.1 Å². The molecule has 84 valence electrons. The molecule has 1 aliphatic rings. The molecule has 0 amide bonds. The minimum atomic E-state index is -4.40. The molecule has 0 fully saturated rings. The Morgan fingerprint density at radius 1 is 1.00 bits per heavy atom. The molecule has 0 aromatic rings. The van der Waals surface area contributed by atoms with Gasteiger partial charge in [-0.3, -0.25) is 20.2 Å². The fraction of sp³-hybridized carbons (Fsp3) is 0.667. The fourth-order valence-electron chi connectivity index (χ4n) is 1.56. The number of hydrogen-bond acceptors (Lipinski definition) is 6. The summed E-state index contributed by atoms with van der Waals surface area (Å²) in [4.78, 5) is 19.0. The highest BCUT2D eigenvalue weighted by atomic mass is 32.2. The summed E-state index contributed by atoms with van der Waals surface area (Å²) in [6.07, 6.45) is 0. The second kappa shape index (κ2) is 3.26. The van der Waals surface area contributed by atoms with Crippen LogP contribution in [-0.2, 0) is 9.84 Å². The SMILES string of the molecule is CC1=C(C)[C@@H]([N+](=O)[O-])S(=O)(=O)[C@H]1[N+](=O)[O-]. The Kier molecular flexibility index (Phi) is 2.51. The molecule has 1 heterocycles. The maximum Gasteiger partial charge on any atom is 0.339 e. The highest BCUT2D eigenvalue weighted by Crippen LogP contribution is 2.33. The van der Waals surface area contributed by atoms with Crippen LogP contribution in [0, 0.1) is 20.2 Å². The van der Waals surface area contributed by atoms with Gasteiger partial charge in [0.05, 0.1) is 0 Å². The summed E-state index contributed by atoms with van der Waals surface area (Å²) in [7, 11) is -4.40. The van der Waals surface area contributed by atoms with Crippen molar-refractivity contribution < 1.29 is 18.3 Å². The Balaban J connectivity index is 3.42. The van der Waals surface area contributed by atoms with Crippen LogP contribution in [0.4, 0.5) is 0 Å². The van der Waals surface area contributed by atoms with Gasteiger partial charge in [0, 0.05) is 21.0 Å². The first-order valence-electron chi connectivity index (χ1n) is 3.88. The van der Waals surface area contributed by atoms with Crippen molar-refractivity contribution >= 4 is 9.84 Å². The van der Waals surface area contributed by atoms with Crippen LogP contribution < -0.4 is 0 Å². The van der Waals surface area contributed by atoms with E-state index in [2.05, 4.69) is 0 Å². The van der Waals surface area contributed by atoms with Crippen molar-refractivity contribution in [1.29, 1.82) is 0 Å². The molecule has 2 atom stereocenters. The van der Waals surface area contributed by atoms with E-state index in [9.17, 15) is 28.6 Å². The first-order valence-corrected chi connectivity index (χ1v) is 5.49. The van der Waals surface area contributed by atoms with Crippen LogP contribution in [0.25, 0.3) is 0 Å². The van der Waals surface area contributed by atoms with Crippen LogP contribution in [-0.4, -0.2) is 29.0 Å². The summed E-state index contributed by atoms with van der Waals surface area (Å²) in [5, 5.41) is 17.1. The summed E-state index contributed by atoms with van der Waals surface area (Å²) in [5.74, 6) is 0. The van der Waals surface area contributed by atoms with Gasteiger partial charge in [0.2, 0.25) is 0 Å². The van der Waals surface area contributed by atoms with E-state index < -0.39 is 30.4 Å². The molecule has 0 aromatic heterocycles. The number of rotatable bonds is 2. The molecule has 0 radical (unpaired) electrons. The van der Waals surface area contributed by atoms with E-state index in [1.54, 1.807) is 0 Å². The first kappa shape index (κ1) is 11.6. The van der Waals surface area contributed by atoms with Crippen LogP contribution in [0.2, 0.25) is 0 Å². The summed E-state index contributed by atoms with van der Waals surface area (Å²) >= 11 is 0. The zero-order valence-electron chi connectivity index (χ0n) is 7.91. The topological polar surface area (TPSA) is 120 Å². The molecular weight excluding hydrogens is 228 g/mol. The molecule has 0 saturated carbocycles. The second-order valence-electron chi connectivity index (χ2n) is 3.23. The zero-order valence-corrected chi connectivity index (χ0v) is 8.72. The van der Waals surface area contributed by atoms with Gasteiger partial charge in [-0.05, 0) is 13.8 Å². The molecule has 0 unspecified atom stereocenters. The lowest BCUT2D eigenvalue weighted by Gasteiger charge is -2.03. The molecule has 1 rings (SSSR count). The predicted octanol–water partition coefficient (Wildman–Crippen LogP) is -0.0432. The third-order valence-electron chi connectivity index (χ3n) is 2.37. The smallest absolute Gasteiger partial charge is 0.263 e. The van der Waals surface area contributed by atoms with Crippen LogP contribution >= 0.6 is 0 Å². The van der Waals surface area contributed by atoms with E-state index in [1.807, 2.05) is 0 Å². The van der Waals surface area contributed by atoms with E-state index in [0.717, 1.165) is 0 Å². The van der Waals surface area contributed by atoms with Gasteiger partial charge in [0.15, 0.2) is 0 Å². The molecule has 0 bridgehead atoms. The maximum absolute atomic E-state index is 11.5. The van der Waals surface area contributed by atoms with Gasteiger partial charge in [-0.2, -0.15) is 0 Å². The van der Waals surface area contributed by atoms with Gasteiger partial charge in [0.1, 0.15) is 0 Å². The standard InChI is InChI=1S/C6H8N2O6S/c1-3-4(2)6(8(11)12)15(13,14)5(3)7(9)10/h5-6H,1-2H3/t5-,6+. The zero-order chi connectivity index (χ0) is 12.0. The third kappa shape index (κ3) is 1.48. The molecule has 0 aromatic carbocycles. The Hall–Kier alpha value is -1.51. The highest BCUT2D eigenvalue weighted by Gasteiger charge is 2.58. The van der Waals surface area contributed by atoms with E-state index in [4.69, 9.17) is 0 Å². The summed E-state index contributed by atoms with van der Waals surface area (Å²) in [5.41, 5.74) is -0.136. The van der Waals surface area contributed by atoms with Crippen molar-refractivity contribution in [2.24, 2.45) is 0 Å². The Morgan fingerprint density at radius 3 is 1.40 bits per heavy atom. The van der Waals surface area contributed by atoms with Crippen LogP contribution in [0.1, 0.15) is 13.8 Å². The molecule has 0 aliphatic carbocycles. The highest BCUT2D eigenvalue weighted by molar-refractivity contribution is 7.92. The lowest BCUT2D eigenvalue weighted by Crippen LogP contribution is -2.35. The average molecular weight is 236 g/mol. The van der Waals surface area contributed by atoms with Crippen molar-refractivity contribution in [1.82, 2.24) is 0 Å². The molecule has 1 aliphatic heterocycles.